The van der Waals surface area contributed by atoms with E-state index in [1.165, 1.54) is 11.8 Å². The standard InChI is InChI=1S/C18H16BrClN4O2S/c1-24-16(10-26-13-5-3-2-4-6-13)22-23-18(24)27-11-17(25)21-12-7-8-15(20)14(19)9-12/h2-9H,10-11H2,1H3,(H,21,25). The minimum Gasteiger partial charge on any atom is -0.486 e. The van der Waals surface area contributed by atoms with Crippen LogP contribution in [0, 0.1) is 0 Å². The zero-order chi connectivity index (χ0) is 19.2. The number of nitrogens with zero attached hydrogens (tertiary/aromatic N) is 3. The van der Waals surface area contributed by atoms with Crippen LogP contribution in [0.2, 0.25) is 5.02 Å². The summed E-state index contributed by atoms with van der Waals surface area (Å²) in [4.78, 5) is 12.1. The molecule has 0 bridgehead atoms. The zero-order valence-electron chi connectivity index (χ0n) is 14.4. The fourth-order valence-electron chi connectivity index (χ4n) is 2.16. The monoisotopic (exact) mass is 466 g/mol. The van der Waals surface area contributed by atoms with Gasteiger partial charge in [0.25, 0.3) is 0 Å². The van der Waals surface area contributed by atoms with Gasteiger partial charge >= 0.3 is 0 Å². The molecule has 3 rings (SSSR count). The van der Waals surface area contributed by atoms with Crippen molar-refractivity contribution in [1.29, 1.82) is 0 Å². The summed E-state index contributed by atoms with van der Waals surface area (Å²) in [6.07, 6.45) is 0. The van der Waals surface area contributed by atoms with Crippen LogP contribution in [0.5, 0.6) is 5.75 Å². The summed E-state index contributed by atoms with van der Waals surface area (Å²) in [5.74, 6) is 1.53. The Balaban J connectivity index is 1.52. The molecule has 6 nitrogen and oxygen atoms in total. The third-order valence-electron chi connectivity index (χ3n) is 3.57. The van der Waals surface area contributed by atoms with Crippen molar-refractivity contribution in [3.05, 3.63) is 63.9 Å². The third-order valence-corrected chi connectivity index (χ3v) is 5.81. The van der Waals surface area contributed by atoms with Crippen LogP contribution in [0.25, 0.3) is 0 Å². The second-order valence-corrected chi connectivity index (χ2v) is 7.73. The van der Waals surface area contributed by atoms with Gasteiger partial charge in [0.2, 0.25) is 5.91 Å². The summed E-state index contributed by atoms with van der Waals surface area (Å²) in [6, 6.07) is 14.7. The second kappa shape index (κ2) is 9.25. The molecule has 0 spiro atoms. The molecule has 0 aliphatic rings. The maximum atomic E-state index is 12.1. The van der Waals surface area contributed by atoms with Gasteiger partial charge in [-0.2, -0.15) is 0 Å². The number of carbonyl (C=O) groups is 1. The molecule has 9 heteroatoms. The van der Waals surface area contributed by atoms with Gasteiger partial charge in [0.15, 0.2) is 11.0 Å². The van der Waals surface area contributed by atoms with E-state index in [9.17, 15) is 4.79 Å². The van der Waals surface area contributed by atoms with Gasteiger partial charge in [-0.05, 0) is 46.3 Å². The molecule has 0 atom stereocenters. The Morgan fingerprint density at radius 2 is 2.04 bits per heavy atom. The van der Waals surface area contributed by atoms with Crippen molar-refractivity contribution >= 4 is 50.9 Å². The number of thioether (sulfide) groups is 1. The summed E-state index contributed by atoms with van der Waals surface area (Å²) in [7, 11) is 1.85. The smallest absolute Gasteiger partial charge is 0.234 e. The van der Waals surface area contributed by atoms with E-state index < -0.39 is 0 Å². The normalized spacial score (nSPS) is 10.6. The lowest BCUT2D eigenvalue weighted by atomic mass is 10.3. The maximum absolute atomic E-state index is 12.1. The van der Waals surface area contributed by atoms with Crippen LogP contribution in [0.15, 0.2) is 58.2 Å². The first-order valence-corrected chi connectivity index (χ1v) is 10.1. The Hall–Kier alpha value is -2.03. The second-order valence-electron chi connectivity index (χ2n) is 5.53. The number of halogens is 2. The lowest BCUT2D eigenvalue weighted by molar-refractivity contribution is -0.113. The number of hydrogen-bond acceptors (Lipinski definition) is 5. The summed E-state index contributed by atoms with van der Waals surface area (Å²) >= 11 is 10.6. The van der Waals surface area contributed by atoms with Crippen LogP contribution < -0.4 is 10.1 Å². The summed E-state index contributed by atoms with van der Waals surface area (Å²) in [5, 5.41) is 12.3. The van der Waals surface area contributed by atoms with E-state index in [0.717, 1.165) is 10.2 Å². The van der Waals surface area contributed by atoms with E-state index in [0.29, 0.717) is 28.3 Å². The number of anilines is 1. The van der Waals surface area contributed by atoms with Crippen molar-refractivity contribution < 1.29 is 9.53 Å². The highest BCUT2D eigenvalue weighted by Crippen LogP contribution is 2.26. The lowest BCUT2D eigenvalue weighted by Gasteiger charge is -2.07. The molecule has 140 valence electrons. The highest BCUT2D eigenvalue weighted by atomic mass is 79.9. The first kappa shape index (κ1) is 19.7. The van der Waals surface area contributed by atoms with E-state index in [1.807, 2.05) is 41.9 Å². The Kier molecular flexibility index (Phi) is 6.76. The van der Waals surface area contributed by atoms with E-state index in [-0.39, 0.29) is 11.7 Å². The van der Waals surface area contributed by atoms with E-state index >= 15 is 0 Å². The third kappa shape index (κ3) is 5.47. The minimum atomic E-state index is -0.140. The average Bonchev–Trinajstić information content (AvgIpc) is 3.02. The fourth-order valence-corrected chi connectivity index (χ4v) is 3.39. The Bertz CT molecular complexity index is 936. The van der Waals surface area contributed by atoms with Gasteiger partial charge in [0.05, 0.1) is 10.8 Å². The summed E-state index contributed by atoms with van der Waals surface area (Å²) in [6.45, 7) is 0.305. The topological polar surface area (TPSA) is 69.0 Å². The highest BCUT2D eigenvalue weighted by Gasteiger charge is 2.12. The molecule has 0 radical (unpaired) electrons. The van der Waals surface area contributed by atoms with Gasteiger partial charge in [0, 0.05) is 17.2 Å². The fraction of sp³-hybridized carbons (Fsp3) is 0.167. The molecule has 0 aliphatic heterocycles. The van der Waals surface area contributed by atoms with Gasteiger partial charge < -0.3 is 14.6 Å². The van der Waals surface area contributed by atoms with Crippen LogP contribution in [-0.4, -0.2) is 26.4 Å². The molecule has 1 N–H and O–H groups in total. The predicted octanol–water partition coefficient (Wildman–Crippen LogP) is 4.54. The molecule has 27 heavy (non-hydrogen) atoms. The van der Waals surface area contributed by atoms with Crippen molar-refractivity contribution in [3.8, 4) is 5.75 Å². The van der Waals surface area contributed by atoms with Crippen molar-refractivity contribution in [1.82, 2.24) is 14.8 Å². The minimum absolute atomic E-state index is 0.140. The molecule has 0 saturated heterocycles. The first-order chi connectivity index (χ1) is 13.0. The van der Waals surface area contributed by atoms with E-state index in [1.54, 1.807) is 18.2 Å². The Morgan fingerprint density at radius 1 is 1.26 bits per heavy atom. The number of ether oxygens (including phenoxy) is 1. The molecule has 0 aliphatic carbocycles. The number of carbonyl (C=O) groups excluding carboxylic acids is 1. The van der Waals surface area contributed by atoms with Crippen LogP contribution in [0.4, 0.5) is 5.69 Å². The molecule has 3 aromatic rings. The predicted molar refractivity (Wildman–Crippen MR) is 110 cm³/mol. The van der Waals surface area contributed by atoms with Gasteiger partial charge in [0.1, 0.15) is 12.4 Å². The van der Waals surface area contributed by atoms with Crippen LogP contribution in [0.3, 0.4) is 0 Å². The van der Waals surface area contributed by atoms with Crippen molar-refractivity contribution in [2.45, 2.75) is 11.8 Å². The summed E-state index contributed by atoms with van der Waals surface area (Å²) < 4.78 is 8.23. The molecule has 1 heterocycles. The molecular weight excluding hydrogens is 452 g/mol. The lowest BCUT2D eigenvalue weighted by Crippen LogP contribution is -2.14. The number of nitrogens with one attached hydrogen (secondary N) is 1. The van der Waals surface area contributed by atoms with E-state index in [2.05, 4.69) is 31.4 Å². The van der Waals surface area contributed by atoms with Crippen molar-refractivity contribution in [2.75, 3.05) is 11.1 Å². The van der Waals surface area contributed by atoms with Crippen LogP contribution >= 0.6 is 39.3 Å². The van der Waals surface area contributed by atoms with Crippen LogP contribution in [-0.2, 0) is 18.4 Å². The Morgan fingerprint density at radius 3 is 2.78 bits per heavy atom. The van der Waals surface area contributed by atoms with Gasteiger partial charge in [-0.15, -0.1) is 10.2 Å². The van der Waals surface area contributed by atoms with Gasteiger partial charge in [-0.1, -0.05) is 41.6 Å². The SMILES string of the molecule is Cn1c(COc2ccccc2)nnc1SCC(=O)Nc1ccc(Cl)c(Br)c1. The van der Waals surface area contributed by atoms with Crippen molar-refractivity contribution in [2.24, 2.45) is 7.05 Å². The molecule has 2 aromatic carbocycles. The zero-order valence-corrected chi connectivity index (χ0v) is 17.5. The van der Waals surface area contributed by atoms with Crippen molar-refractivity contribution in [3.63, 3.8) is 0 Å². The number of aromatic nitrogens is 3. The molecule has 1 aromatic heterocycles. The maximum Gasteiger partial charge on any atom is 0.234 e. The number of amides is 1. The quantitative estimate of drug-likeness (QED) is 0.517. The number of para-hydroxylation sites is 1. The number of benzene rings is 2. The van der Waals surface area contributed by atoms with E-state index in [4.69, 9.17) is 16.3 Å². The molecule has 0 fully saturated rings. The molecule has 0 saturated carbocycles. The van der Waals surface area contributed by atoms with Gasteiger partial charge in [-0.3, -0.25) is 4.79 Å². The van der Waals surface area contributed by atoms with Crippen LogP contribution in [0.1, 0.15) is 5.82 Å². The highest BCUT2D eigenvalue weighted by molar-refractivity contribution is 9.10. The molecular formula is C18H16BrClN4O2S. The molecule has 0 unspecified atom stereocenters. The molecule has 1 amide bonds. The largest absolute Gasteiger partial charge is 0.486 e. The average molecular weight is 468 g/mol. The van der Waals surface area contributed by atoms with Gasteiger partial charge in [-0.25, -0.2) is 0 Å². The Labute approximate surface area is 174 Å². The first-order valence-electron chi connectivity index (χ1n) is 7.97. The summed E-state index contributed by atoms with van der Waals surface area (Å²) in [5.41, 5.74) is 0.673. The number of rotatable bonds is 7. The number of hydrogen-bond donors (Lipinski definition) is 1.